The van der Waals surface area contributed by atoms with Crippen molar-refractivity contribution in [3.05, 3.63) is 35.6 Å². The summed E-state index contributed by atoms with van der Waals surface area (Å²) in [6, 6.07) is 4.01. The molecule has 0 bridgehead atoms. The third kappa shape index (κ3) is 2.21. The van der Waals surface area contributed by atoms with Crippen LogP contribution in [0.4, 0.5) is 13.3 Å². The predicted octanol–water partition coefficient (Wildman–Crippen LogP) is 2.26. The maximum atomic E-state index is 12.8. The molecule has 1 aromatic carbocycles. The van der Waals surface area contributed by atoms with Crippen molar-refractivity contribution in [1.29, 1.82) is 0 Å². The third-order valence-electron chi connectivity index (χ3n) is 1.45. The van der Waals surface area contributed by atoms with E-state index in [2.05, 4.69) is 4.94 Å². The molecule has 0 fully saturated rings. The highest BCUT2D eigenvalue weighted by Crippen LogP contribution is 2.19. The maximum Gasteiger partial charge on any atom is 0.387 e. The summed E-state index contributed by atoms with van der Waals surface area (Å²) in [6.45, 7) is 0. The number of carbonyl (C=O) groups is 1. The molecule has 0 amide bonds. The van der Waals surface area contributed by atoms with Gasteiger partial charge in [0.25, 0.3) is 0 Å². The second-order valence-corrected chi connectivity index (χ2v) is 2.31. The molecule has 0 aliphatic carbocycles. The largest absolute Gasteiger partial charge is 0.387 e. The van der Waals surface area contributed by atoms with Crippen molar-refractivity contribution in [1.82, 2.24) is 0 Å². The van der Waals surface area contributed by atoms with Crippen LogP contribution in [0.3, 0.4) is 0 Å². The van der Waals surface area contributed by atoms with Gasteiger partial charge in [0.1, 0.15) is 5.82 Å². The lowest BCUT2D eigenvalue weighted by Gasteiger charge is -2.02. The second kappa shape index (κ2) is 3.93. The molecular weight excluding hydrogens is 185 g/mol. The van der Waals surface area contributed by atoms with Gasteiger partial charge in [-0.15, -0.1) is 0 Å². The number of alkyl halides is 1. The topological polar surface area (TPSA) is 26.3 Å². The number of hydrogen-bond acceptors (Lipinski definition) is 2. The van der Waals surface area contributed by atoms with Crippen molar-refractivity contribution in [2.45, 2.75) is 6.17 Å². The summed E-state index contributed by atoms with van der Waals surface area (Å²) in [7, 11) is 0. The SMILES string of the molecule is O=C(OF)C(F)c1ccc(F)cc1. The van der Waals surface area contributed by atoms with Crippen LogP contribution in [0.25, 0.3) is 0 Å². The van der Waals surface area contributed by atoms with E-state index in [0.29, 0.717) is 0 Å². The minimum Gasteiger partial charge on any atom is -0.251 e. The normalized spacial score (nSPS) is 12.2. The fourth-order valence-electron chi connectivity index (χ4n) is 0.807. The first-order chi connectivity index (χ1) is 6.15. The Balaban J connectivity index is 2.83. The minimum absolute atomic E-state index is 0.149. The Morgan fingerprint density at radius 2 is 1.85 bits per heavy atom. The highest BCUT2D eigenvalue weighted by atomic mass is 19.3. The van der Waals surface area contributed by atoms with Crippen molar-refractivity contribution in [3.8, 4) is 0 Å². The van der Waals surface area contributed by atoms with Gasteiger partial charge < -0.3 is 0 Å². The lowest BCUT2D eigenvalue weighted by Crippen LogP contribution is -2.07. The van der Waals surface area contributed by atoms with E-state index < -0.39 is 18.0 Å². The Hall–Kier alpha value is -1.52. The van der Waals surface area contributed by atoms with E-state index in [1.807, 2.05) is 0 Å². The highest BCUT2D eigenvalue weighted by molar-refractivity contribution is 5.75. The first-order valence-electron chi connectivity index (χ1n) is 3.37. The molecule has 0 aliphatic rings. The second-order valence-electron chi connectivity index (χ2n) is 2.31. The van der Waals surface area contributed by atoms with Gasteiger partial charge in [-0.1, -0.05) is 12.1 Å². The van der Waals surface area contributed by atoms with Gasteiger partial charge in [0.15, 0.2) is 0 Å². The molecule has 2 nitrogen and oxygen atoms in total. The van der Waals surface area contributed by atoms with Crippen LogP contribution in [0.15, 0.2) is 24.3 Å². The lowest BCUT2D eigenvalue weighted by molar-refractivity contribution is -0.190. The van der Waals surface area contributed by atoms with Crippen LogP contribution < -0.4 is 0 Å². The van der Waals surface area contributed by atoms with E-state index in [-0.39, 0.29) is 5.56 Å². The van der Waals surface area contributed by atoms with Gasteiger partial charge in [-0.2, -0.15) is 0 Å². The fraction of sp³-hybridized carbons (Fsp3) is 0.125. The molecule has 1 rings (SSSR count). The average molecular weight is 190 g/mol. The van der Waals surface area contributed by atoms with Crippen LogP contribution in [0, 0.1) is 5.82 Å². The van der Waals surface area contributed by atoms with Gasteiger partial charge in [0.05, 0.1) is 0 Å². The van der Waals surface area contributed by atoms with Crippen LogP contribution in [-0.4, -0.2) is 5.97 Å². The summed E-state index contributed by atoms with van der Waals surface area (Å²) >= 11 is 0. The standard InChI is InChI=1S/C8H5F3O2/c9-6-3-1-5(2-4-6)7(10)8(12)13-11/h1-4,7H. The molecule has 70 valence electrons. The van der Waals surface area contributed by atoms with Gasteiger partial charge >= 0.3 is 5.97 Å². The van der Waals surface area contributed by atoms with Crippen molar-refractivity contribution >= 4 is 5.97 Å². The average Bonchev–Trinajstić information content (AvgIpc) is 2.17. The Morgan fingerprint density at radius 1 is 1.31 bits per heavy atom. The number of rotatable bonds is 2. The van der Waals surface area contributed by atoms with Gasteiger partial charge in [0, 0.05) is 4.53 Å². The number of hydrogen-bond donors (Lipinski definition) is 0. The number of carbonyl (C=O) groups excluding carboxylic acids is 1. The summed E-state index contributed by atoms with van der Waals surface area (Å²) in [5, 5.41) is 0. The van der Waals surface area contributed by atoms with Crippen molar-refractivity contribution in [3.63, 3.8) is 0 Å². The van der Waals surface area contributed by atoms with Crippen LogP contribution in [0.5, 0.6) is 0 Å². The molecule has 0 N–H and O–H groups in total. The van der Waals surface area contributed by atoms with Crippen molar-refractivity contribution < 1.29 is 23.0 Å². The molecule has 0 aliphatic heterocycles. The smallest absolute Gasteiger partial charge is 0.251 e. The summed E-state index contributed by atoms with van der Waals surface area (Å²) in [6.07, 6.45) is -2.22. The fourth-order valence-corrected chi connectivity index (χ4v) is 0.807. The maximum absolute atomic E-state index is 12.8. The Kier molecular flexibility index (Phi) is 2.89. The zero-order valence-corrected chi connectivity index (χ0v) is 6.34. The minimum atomic E-state index is -2.22. The Morgan fingerprint density at radius 3 is 2.31 bits per heavy atom. The van der Waals surface area contributed by atoms with Gasteiger partial charge in [-0.05, 0) is 17.7 Å². The molecular formula is C8H5F3O2. The van der Waals surface area contributed by atoms with E-state index in [0.717, 1.165) is 24.3 Å². The first kappa shape index (κ1) is 9.57. The number of benzene rings is 1. The van der Waals surface area contributed by atoms with Gasteiger partial charge in [-0.25, -0.2) is 13.6 Å². The molecule has 13 heavy (non-hydrogen) atoms. The molecule has 0 saturated carbocycles. The molecule has 1 aromatic rings. The monoisotopic (exact) mass is 190 g/mol. The van der Waals surface area contributed by atoms with E-state index in [1.165, 1.54) is 0 Å². The third-order valence-corrected chi connectivity index (χ3v) is 1.45. The molecule has 0 spiro atoms. The van der Waals surface area contributed by atoms with Crippen molar-refractivity contribution in [2.24, 2.45) is 0 Å². The van der Waals surface area contributed by atoms with E-state index >= 15 is 0 Å². The zero-order chi connectivity index (χ0) is 9.84. The molecule has 1 atom stereocenters. The van der Waals surface area contributed by atoms with Crippen LogP contribution in [0.1, 0.15) is 11.7 Å². The quantitative estimate of drug-likeness (QED) is 0.714. The molecule has 0 radical (unpaired) electrons. The summed E-state index contributed by atoms with van der Waals surface area (Å²) in [5.41, 5.74) is -0.149. The Labute approximate surface area is 71.8 Å². The van der Waals surface area contributed by atoms with E-state index in [1.54, 1.807) is 0 Å². The van der Waals surface area contributed by atoms with Crippen LogP contribution in [0.2, 0.25) is 0 Å². The van der Waals surface area contributed by atoms with Gasteiger partial charge in [0.2, 0.25) is 6.17 Å². The first-order valence-corrected chi connectivity index (χ1v) is 3.37. The summed E-state index contributed by atoms with van der Waals surface area (Å²) < 4.78 is 36.4. The van der Waals surface area contributed by atoms with Crippen LogP contribution >= 0.6 is 0 Å². The number of halogens is 3. The van der Waals surface area contributed by atoms with Crippen molar-refractivity contribution in [2.75, 3.05) is 0 Å². The van der Waals surface area contributed by atoms with E-state index in [9.17, 15) is 18.1 Å². The van der Waals surface area contributed by atoms with Gasteiger partial charge in [-0.3, -0.25) is 4.94 Å². The highest BCUT2D eigenvalue weighted by Gasteiger charge is 2.21. The molecule has 0 aromatic heterocycles. The molecule has 5 heteroatoms. The Bertz CT molecular complexity index is 297. The lowest BCUT2D eigenvalue weighted by atomic mass is 10.1. The van der Waals surface area contributed by atoms with Crippen LogP contribution in [-0.2, 0) is 9.74 Å². The zero-order valence-electron chi connectivity index (χ0n) is 6.34. The molecule has 0 saturated heterocycles. The summed E-state index contributed by atoms with van der Waals surface area (Å²) in [4.78, 5) is 13.0. The van der Waals surface area contributed by atoms with E-state index in [4.69, 9.17) is 0 Å². The molecule has 0 heterocycles. The molecule has 1 unspecified atom stereocenters. The summed E-state index contributed by atoms with van der Waals surface area (Å²) in [5.74, 6) is -2.21. The predicted molar refractivity (Wildman–Crippen MR) is 37.4 cm³/mol.